The quantitative estimate of drug-likeness (QED) is 0.447. The van der Waals surface area contributed by atoms with Gasteiger partial charge in [0.05, 0.1) is 10.7 Å². The van der Waals surface area contributed by atoms with Crippen molar-refractivity contribution in [3.05, 3.63) is 51.5 Å². The predicted octanol–water partition coefficient (Wildman–Crippen LogP) is 1.91. The number of aryl methyl sites for hydroxylation is 3. The van der Waals surface area contributed by atoms with E-state index in [9.17, 15) is 4.79 Å². The normalized spacial score (nSPS) is 10.3. The molecule has 1 aromatic heterocycles. The van der Waals surface area contributed by atoms with E-state index in [4.69, 9.17) is 5.84 Å². The number of amides is 2. The van der Waals surface area contributed by atoms with Crippen molar-refractivity contribution in [2.24, 2.45) is 5.84 Å². The summed E-state index contributed by atoms with van der Waals surface area (Å²) in [6.45, 7) is 2.48. The Bertz CT molecular complexity index is 582. The maximum Gasteiger partial charge on any atom is 0.329 e. The molecule has 0 saturated carbocycles. The van der Waals surface area contributed by atoms with Gasteiger partial charge in [-0.1, -0.05) is 24.3 Å². The first-order valence-electron chi connectivity index (χ1n) is 6.40. The zero-order valence-electron chi connectivity index (χ0n) is 11.3. The number of thiazole rings is 1. The Kier molecular flexibility index (Phi) is 5.09. The van der Waals surface area contributed by atoms with Gasteiger partial charge in [0.15, 0.2) is 0 Å². The summed E-state index contributed by atoms with van der Waals surface area (Å²) < 4.78 is 0. The van der Waals surface area contributed by atoms with Crippen LogP contribution in [0.5, 0.6) is 0 Å². The Hall–Kier alpha value is -1.92. The third kappa shape index (κ3) is 4.32. The van der Waals surface area contributed by atoms with Crippen molar-refractivity contribution in [2.45, 2.75) is 26.3 Å². The van der Waals surface area contributed by atoms with Crippen LogP contribution in [0.1, 0.15) is 21.8 Å². The minimum absolute atomic E-state index is 0.381. The molecule has 1 heterocycles. The number of nitrogens with one attached hydrogen (secondary N) is 2. The lowest BCUT2D eigenvalue weighted by Gasteiger charge is -2.06. The summed E-state index contributed by atoms with van der Waals surface area (Å²) in [5.41, 5.74) is 5.47. The zero-order chi connectivity index (χ0) is 14.4. The van der Waals surface area contributed by atoms with Gasteiger partial charge in [0.1, 0.15) is 0 Å². The molecule has 0 unspecified atom stereocenters. The van der Waals surface area contributed by atoms with Crippen LogP contribution in [0.15, 0.2) is 29.6 Å². The van der Waals surface area contributed by atoms with Crippen molar-refractivity contribution >= 4 is 17.4 Å². The number of hydrazine groups is 1. The predicted molar refractivity (Wildman–Crippen MR) is 80.3 cm³/mol. The van der Waals surface area contributed by atoms with Crippen LogP contribution in [-0.4, -0.2) is 11.0 Å². The lowest BCUT2D eigenvalue weighted by molar-refractivity contribution is 0.241. The van der Waals surface area contributed by atoms with Gasteiger partial charge >= 0.3 is 6.03 Å². The lowest BCUT2D eigenvalue weighted by atomic mass is 10.1. The van der Waals surface area contributed by atoms with Crippen molar-refractivity contribution in [2.75, 3.05) is 0 Å². The maximum atomic E-state index is 11.0. The van der Waals surface area contributed by atoms with E-state index in [-0.39, 0.29) is 6.03 Å². The molecule has 0 saturated heterocycles. The van der Waals surface area contributed by atoms with E-state index in [1.165, 1.54) is 5.56 Å². The molecule has 0 atom stereocenters. The highest BCUT2D eigenvalue weighted by Crippen LogP contribution is 2.12. The molecule has 0 aliphatic carbocycles. The van der Waals surface area contributed by atoms with Gasteiger partial charge in [0.2, 0.25) is 0 Å². The summed E-state index contributed by atoms with van der Waals surface area (Å²) in [6.07, 6.45) is 1.88. The highest BCUT2D eigenvalue weighted by atomic mass is 32.1. The molecular formula is C14H18N4OS. The zero-order valence-corrected chi connectivity index (χ0v) is 12.2. The molecule has 2 rings (SSSR count). The molecule has 20 heavy (non-hydrogen) atoms. The summed E-state index contributed by atoms with van der Waals surface area (Å²) in [5, 5.41) is 5.87. The van der Waals surface area contributed by atoms with Crippen LogP contribution in [0.4, 0.5) is 4.79 Å². The third-order valence-electron chi connectivity index (χ3n) is 2.91. The number of benzene rings is 1. The van der Waals surface area contributed by atoms with E-state index in [0.717, 1.165) is 29.1 Å². The standard InChI is InChI=1S/C14H18N4OS/c1-10-17-13(9-20-10)6-5-11-3-2-4-12(7-11)8-16-14(19)18-15/h2-4,7,9H,5-6,8,15H2,1H3,(H2,16,18,19). The lowest BCUT2D eigenvalue weighted by Crippen LogP contribution is -2.39. The summed E-state index contributed by atoms with van der Waals surface area (Å²) in [7, 11) is 0. The topological polar surface area (TPSA) is 80.0 Å². The summed E-state index contributed by atoms with van der Waals surface area (Å²) in [6, 6.07) is 7.78. The molecule has 0 aliphatic rings. The van der Waals surface area contributed by atoms with Crippen molar-refractivity contribution in [3.8, 4) is 0 Å². The number of hydrogen-bond acceptors (Lipinski definition) is 4. The second kappa shape index (κ2) is 7.02. The maximum absolute atomic E-state index is 11.0. The number of hydrogen-bond donors (Lipinski definition) is 3. The Balaban J connectivity index is 1.90. The van der Waals surface area contributed by atoms with Gasteiger partial charge < -0.3 is 5.32 Å². The molecule has 1 aromatic carbocycles. The first kappa shape index (κ1) is 14.5. The van der Waals surface area contributed by atoms with Gasteiger partial charge in [0.25, 0.3) is 0 Å². The third-order valence-corrected chi connectivity index (χ3v) is 3.73. The Morgan fingerprint density at radius 3 is 2.85 bits per heavy atom. The minimum atomic E-state index is -0.381. The smallest absolute Gasteiger partial charge is 0.329 e. The molecule has 0 bridgehead atoms. The first-order valence-corrected chi connectivity index (χ1v) is 7.28. The van der Waals surface area contributed by atoms with Crippen LogP contribution >= 0.6 is 11.3 Å². The molecule has 106 valence electrons. The first-order chi connectivity index (χ1) is 9.67. The molecule has 0 fully saturated rings. The van der Waals surface area contributed by atoms with Gasteiger partial charge in [-0.3, -0.25) is 5.43 Å². The number of aromatic nitrogens is 1. The van der Waals surface area contributed by atoms with Crippen LogP contribution in [0.3, 0.4) is 0 Å². The number of nitrogens with two attached hydrogens (primary N) is 1. The highest BCUT2D eigenvalue weighted by Gasteiger charge is 2.02. The molecule has 0 radical (unpaired) electrons. The molecule has 2 aromatic rings. The Morgan fingerprint density at radius 2 is 2.15 bits per heavy atom. The van der Waals surface area contributed by atoms with Crippen molar-refractivity contribution in [3.63, 3.8) is 0 Å². The van der Waals surface area contributed by atoms with Crippen molar-refractivity contribution < 1.29 is 4.79 Å². The average Bonchev–Trinajstić information content (AvgIpc) is 2.88. The fraction of sp³-hybridized carbons (Fsp3) is 0.286. The molecular weight excluding hydrogens is 272 g/mol. The van der Waals surface area contributed by atoms with Crippen LogP contribution in [0.25, 0.3) is 0 Å². The van der Waals surface area contributed by atoms with Crippen LogP contribution in [-0.2, 0) is 19.4 Å². The van der Waals surface area contributed by atoms with E-state index in [1.807, 2.05) is 24.5 Å². The monoisotopic (exact) mass is 290 g/mol. The van der Waals surface area contributed by atoms with Gasteiger partial charge in [-0.05, 0) is 30.9 Å². The van der Waals surface area contributed by atoms with E-state index in [1.54, 1.807) is 11.3 Å². The molecule has 6 heteroatoms. The Labute approximate surface area is 122 Å². The van der Waals surface area contributed by atoms with Gasteiger partial charge in [-0.2, -0.15) is 0 Å². The fourth-order valence-corrected chi connectivity index (χ4v) is 2.57. The van der Waals surface area contributed by atoms with Crippen molar-refractivity contribution in [1.82, 2.24) is 15.7 Å². The summed E-state index contributed by atoms with van der Waals surface area (Å²) in [4.78, 5) is 15.5. The number of carbonyl (C=O) groups excluding carboxylic acids is 1. The van der Waals surface area contributed by atoms with Gasteiger partial charge in [0, 0.05) is 11.9 Å². The number of carbonyl (C=O) groups is 1. The highest BCUT2D eigenvalue weighted by molar-refractivity contribution is 7.09. The summed E-state index contributed by atoms with van der Waals surface area (Å²) >= 11 is 1.68. The average molecular weight is 290 g/mol. The van der Waals surface area contributed by atoms with Crippen molar-refractivity contribution in [1.29, 1.82) is 0 Å². The largest absolute Gasteiger partial charge is 0.333 e. The van der Waals surface area contributed by atoms with Gasteiger partial charge in [-0.25, -0.2) is 15.6 Å². The molecule has 4 N–H and O–H groups in total. The molecule has 2 amide bonds. The number of urea groups is 1. The number of nitrogens with zero attached hydrogens (tertiary/aromatic N) is 1. The van der Waals surface area contributed by atoms with Crippen LogP contribution in [0.2, 0.25) is 0 Å². The SMILES string of the molecule is Cc1nc(CCc2cccc(CNC(=O)NN)c2)cs1. The fourth-order valence-electron chi connectivity index (χ4n) is 1.92. The minimum Gasteiger partial charge on any atom is -0.333 e. The van der Waals surface area contributed by atoms with E-state index in [0.29, 0.717) is 6.54 Å². The Morgan fingerprint density at radius 1 is 1.35 bits per heavy atom. The summed E-state index contributed by atoms with van der Waals surface area (Å²) in [5.74, 6) is 5.01. The van der Waals surface area contributed by atoms with Crippen LogP contribution in [0, 0.1) is 6.92 Å². The van der Waals surface area contributed by atoms with Crippen LogP contribution < -0.4 is 16.6 Å². The van der Waals surface area contributed by atoms with E-state index in [2.05, 4.69) is 27.8 Å². The second-order valence-corrected chi connectivity index (χ2v) is 5.57. The molecule has 5 nitrogen and oxygen atoms in total. The molecule has 0 aliphatic heterocycles. The molecule has 0 spiro atoms. The second-order valence-electron chi connectivity index (χ2n) is 4.50. The number of rotatable bonds is 5. The van der Waals surface area contributed by atoms with E-state index < -0.39 is 0 Å². The van der Waals surface area contributed by atoms with Gasteiger partial charge in [-0.15, -0.1) is 11.3 Å². The van der Waals surface area contributed by atoms with E-state index >= 15 is 0 Å².